The van der Waals surface area contributed by atoms with Crippen molar-refractivity contribution in [2.24, 2.45) is 0 Å². The molecule has 5 heteroatoms. The van der Waals surface area contributed by atoms with Crippen molar-refractivity contribution in [1.29, 1.82) is 0 Å². The Bertz CT molecular complexity index is 3590. The van der Waals surface area contributed by atoms with Crippen molar-refractivity contribution in [3.8, 4) is 67.5 Å². The summed E-state index contributed by atoms with van der Waals surface area (Å²) >= 11 is 0. The second kappa shape index (κ2) is 13.0. The third kappa shape index (κ3) is 5.45. The predicted molar refractivity (Wildman–Crippen MR) is 227 cm³/mol. The fraction of sp³-hybridized carbons (Fsp3) is 0. The maximum absolute atomic E-state index is 9.59. The van der Waals surface area contributed by atoms with Crippen LogP contribution in [0.25, 0.3) is 111 Å². The summed E-state index contributed by atoms with van der Waals surface area (Å²) in [6, 6.07) is 46.5. The number of hydrogen-bond acceptors (Lipinski definition) is 5. The first-order chi connectivity index (χ1) is 30.3. The SMILES string of the molecule is [2H]c1c(-c2ccccc2-c2ccccc2)c([2H])c2c(oc3c([2H])c(-c4nc(-c5ccccc5)nc(-c5cc(-c6ccccc6)c6c(c5)oc5ccccc56)n4)c([2H])c([2H])c32)c1[2H]. The van der Waals surface area contributed by atoms with Crippen molar-refractivity contribution in [3.63, 3.8) is 0 Å². The van der Waals surface area contributed by atoms with E-state index in [1.165, 1.54) is 0 Å². The van der Waals surface area contributed by atoms with Gasteiger partial charge in [-0.15, -0.1) is 0 Å². The molecule has 3 aromatic heterocycles. The smallest absolute Gasteiger partial charge is 0.164 e. The van der Waals surface area contributed by atoms with E-state index in [1.807, 2.05) is 152 Å². The molecule has 5 nitrogen and oxygen atoms in total. The monoisotopic (exact) mass is 723 g/mol. The molecule has 0 amide bonds. The third-order valence-electron chi connectivity index (χ3n) is 10.0. The van der Waals surface area contributed by atoms with E-state index in [4.69, 9.17) is 26.5 Å². The Labute approximate surface area is 330 Å². The van der Waals surface area contributed by atoms with Crippen molar-refractivity contribution in [3.05, 3.63) is 188 Å². The van der Waals surface area contributed by atoms with Crippen LogP contribution in [0.3, 0.4) is 0 Å². The lowest BCUT2D eigenvalue weighted by Crippen LogP contribution is -2.00. The molecule has 3 heterocycles. The van der Waals surface area contributed by atoms with Gasteiger partial charge in [-0.2, -0.15) is 0 Å². The molecule has 0 atom stereocenters. The highest BCUT2D eigenvalue weighted by Gasteiger charge is 2.19. The Kier molecular flexibility index (Phi) is 6.10. The van der Waals surface area contributed by atoms with Crippen molar-refractivity contribution < 1.29 is 17.1 Å². The lowest BCUT2D eigenvalue weighted by molar-refractivity contribution is 0.669. The topological polar surface area (TPSA) is 65.0 Å². The third-order valence-corrected chi connectivity index (χ3v) is 10.0. The summed E-state index contributed by atoms with van der Waals surface area (Å²) in [5, 5.41) is 2.03. The molecule has 0 bridgehead atoms. The minimum absolute atomic E-state index is 0.0264. The first kappa shape index (κ1) is 26.2. The maximum atomic E-state index is 9.59. The molecule has 0 aliphatic carbocycles. The van der Waals surface area contributed by atoms with Gasteiger partial charge in [0.1, 0.15) is 22.3 Å². The number of benzene rings is 8. The molecule has 262 valence electrons. The van der Waals surface area contributed by atoms with Crippen LogP contribution in [0.5, 0.6) is 0 Å². The Balaban J connectivity index is 1.16. The Morgan fingerprint density at radius 2 is 0.893 bits per heavy atom. The highest BCUT2D eigenvalue weighted by Crippen LogP contribution is 2.41. The lowest BCUT2D eigenvalue weighted by Gasteiger charge is -2.11. The Hall–Kier alpha value is -7.63. The van der Waals surface area contributed by atoms with E-state index < -0.39 is 0 Å². The first-order valence-corrected chi connectivity index (χ1v) is 18.2. The van der Waals surface area contributed by atoms with Crippen LogP contribution in [-0.4, -0.2) is 15.0 Å². The van der Waals surface area contributed by atoms with Gasteiger partial charge < -0.3 is 8.83 Å². The van der Waals surface area contributed by atoms with E-state index in [0.29, 0.717) is 22.3 Å². The molecule has 0 aliphatic rings. The van der Waals surface area contributed by atoms with Crippen LogP contribution in [0.15, 0.2) is 197 Å². The number of rotatable bonds is 6. The Morgan fingerprint density at radius 3 is 1.62 bits per heavy atom. The van der Waals surface area contributed by atoms with E-state index in [9.17, 15) is 5.48 Å². The largest absolute Gasteiger partial charge is 0.456 e. The van der Waals surface area contributed by atoms with Gasteiger partial charge in [-0.3, -0.25) is 0 Å². The summed E-state index contributed by atoms with van der Waals surface area (Å²) in [4.78, 5) is 14.7. The molecule has 11 aromatic rings. The van der Waals surface area contributed by atoms with Gasteiger partial charge in [0.25, 0.3) is 0 Å². The summed E-state index contributed by atoms with van der Waals surface area (Å²) in [5.41, 5.74) is 6.62. The first-order valence-electron chi connectivity index (χ1n) is 21.2. The summed E-state index contributed by atoms with van der Waals surface area (Å²) in [6.07, 6.45) is 0. The minimum Gasteiger partial charge on any atom is -0.456 e. The number of nitrogens with zero attached hydrogens (tertiary/aromatic N) is 3. The molecule has 0 unspecified atom stereocenters. The van der Waals surface area contributed by atoms with Gasteiger partial charge in [0, 0.05) is 38.2 Å². The molecule has 0 fully saturated rings. The summed E-state index contributed by atoms with van der Waals surface area (Å²) in [6.45, 7) is 0. The van der Waals surface area contributed by atoms with E-state index in [1.54, 1.807) is 0 Å². The molecule has 0 N–H and O–H groups in total. The van der Waals surface area contributed by atoms with Crippen molar-refractivity contribution in [2.45, 2.75) is 0 Å². The van der Waals surface area contributed by atoms with Gasteiger partial charge in [-0.1, -0.05) is 146 Å². The molecule has 8 aromatic carbocycles. The lowest BCUT2D eigenvalue weighted by atomic mass is 9.94. The number of hydrogen-bond donors (Lipinski definition) is 0. The molecule has 0 radical (unpaired) electrons. The molecular weight excluding hydrogens is 687 g/mol. The Morgan fingerprint density at radius 1 is 0.339 bits per heavy atom. The van der Waals surface area contributed by atoms with E-state index >= 15 is 0 Å². The average molecular weight is 724 g/mol. The fourth-order valence-corrected chi connectivity index (χ4v) is 7.37. The van der Waals surface area contributed by atoms with E-state index in [-0.39, 0.29) is 86.8 Å². The number of aromatic nitrogens is 3. The van der Waals surface area contributed by atoms with Gasteiger partial charge in [0.05, 0.1) is 8.22 Å². The highest BCUT2D eigenvalue weighted by atomic mass is 16.3. The van der Waals surface area contributed by atoms with Crippen molar-refractivity contribution >= 4 is 43.9 Å². The predicted octanol–water partition coefficient (Wildman–Crippen LogP) is 13.7. The molecule has 0 saturated heterocycles. The van der Waals surface area contributed by atoms with Crippen LogP contribution in [0, 0.1) is 0 Å². The zero-order valence-corrected chi connectivity index (χ0v) is 29.6. The molecule has 0 saturated carbocycles. The summed E-state index contributed by atoms with van der Waals surface area (Å²) in [5.74, 6) is 0.515. The van der Waals surface area contributed by atoms with Gasteiger partial charge in [-0.05, 0) is 75.7 Å². The van der Waals surface area contributed by atoms with Crippen LogP contribution in [-0.2, 0) is 0 Å². The minimum atomic E-state index is -0.355. The molecule has 0 spiro atoms. The van der Waals surface area contributed by atoms with Gasteiger partial charge in [-0.25, -0.2) is 15.0 Å². The second-order valence-electron chi connectivity index (χ2n) is 13.5. The standard InChI is InChI=1S/C51H31N3O2/c1-4-14-32(15-5-1)38-20-10-11-21-39(38)35-25-27-45-43(28-35)40-26-24-36(30-46(40)55-45)50-52-49(34-18-8-3-9-19-34)53-51(54-50)37-29-42(33-16-6-2-7-17-33)48-41-22-12-13-23-44(41)56-47(48)31-37/h1-31H/i24D,25D,26D,27D,28D,30D. The fourth-order valence-electron chi connectivity index (χ4n) is 7.37. The van der Waals surface area contributed by atoms with Crippen LogP contribution in [0.1, 0.15) is 8.22 Å². The van der Waals surface area contributed by atoms with E-state index in [2.05, 4.69) is 0 Å². The maximum Gasteiger partial charge on any atom is 0.164 e. The highest BCUT2D eigenvalue weighted by molar-refractivity contribution is 6.13. The average Bonchev–Trinajstić information content (AvgIpc) is 3.91. The van der Waals surface area contributed by atoms with Crippen molar-refractivity contribution in [1.82, 2.24) is 15.0 Å². The quantitative estimate of drug-likeness (QED) is 0.171. The van der Waals surface area contributed by atoms with Crippen molar-refractivity contribution in [2.75, 3.05) is 0 Å². The molecule has 56 heavy (non-hydrogen) atoms. The summed E-state index contributed by atoms with van der Waals surface area (Å²) < 4.78 is 69.0. The zero-order valence-electron chi connectivity index (χ0n) is 35.6. The van der Waals surface area contributed by atoms with Crippen LogP contribution < -0.4 is 0 Å². The van der Waals surface area contributed by atoms with Gasteiger partial charge >= 0.3 is 0 Å². The van der Waals surface area contributed by atoms with Crippen LogP contribution in [0.4, 0.5) is 0 Å². The normalized spacial score (nSPS) is 13.1. The number of para-hydroxylation sites is 1. The second-order valence-corrected chi connectivity index (χ2v) is 13.5. The van der Waals surface area contributed by atoms with Crippen LogP contribution in [0.2, 0.25) is 0 Å². The number of fused-ring (bicyclic) bond motifs is 6. The van der Waals surface area contributed by atoms with Crippen LogP contribution >= 0.6 is 0 Å². The molecular formula is C51H31N3O2. The van der Waals surface area contributed by atoms with Gasteiger partial charge in [0.15, 0.2) is 17.5 Å². The van der Waals surface area contributed by atoms with Gasteiger partial charge in [0.2, 0.25) is 0 Å². The number of furan rings is 2. The zero-order chi connectivity index (χ0) is 42.2. The van der Waals surface area contributed by atoms with E-state index in [0.717, 1.165) is 38.6 Å². The molecule has 11 rings (SSSR count). The summed E-state index contributed by atoms with van der Waals surface area (Å²) in [7, 11) is 0. The molecule has 0 aliphatic heterocycles.